The van der Waals surface area contributed by atoms with Crippen molar-refractivity contribution in [2.45, 2.75) is 45.6 Å². The minimum absolute atomic E-state index is 0.0188. The van der Waals surface area contributed by atoms with Gasteiger partial charge in [-0.05, 0) is 24.1 Å². The van der Waals surface area contributed by atoms with Crippen LogP contribution in [0.15, 0.2) is 28.8 Å². The molecule has 31 heavy (non-hydrogen) atoms. The molecule has 0 saturated carbocycles. The fourth-order valence-electron chi connectivity index (χ4n) is 3.29. The zero-order chi connectivity index (χ0) is 21.9. The lowest BCUT2D eigenvalue weighted by atomic mass is 10.2. The van der Waals surface area contributed by atoms with E-state index in [9.17, 15) is 9.59 Å². The summed E-state index contributed by atoms with van der Waals surface area (Å²) in [6, 6.07) is 7.51. The Morgan fingerprint density at radius 3 is 2.77 bits per heavy atom. The highest BCUT2D eigenvalue weighted by Gasteiger charge is 2.12. The Kier molecular flexibility index (Phi) is 8.99. The third-order valence-electron chi connectivity index (χ3n) is 5.01. The molecule has 1 aromatic carbocycles. The van der Waals surface area contributed by atoms with Crippen molar-refractivity contribution in [2.75, 3.05) is 38.2 Å². The van der Waals surface area contributed by atoms with Crippen LogP contribution in [0.4, 0.5) is 5.69 Å². The van der Waals surface area contributed by atoms with Crippen LogP contribution >= 0.6 is 0 Å². The number of hydrogen-bond donors (Lipinski definition) is 2. The van der Waals surface area contributed by atoms with Gasteiger partial charge in [-0.3, -0.25) is 14.5 Å². The summed E-state index contributed by atoms with van der Waals surface area (Å²) in [5.74, 6) is 1.06. The molecule has 2 aromatic rings. The molecule has 9 heteroatoms. The van der Waals surface area contributed by atoms with Gasteiger partial charge in [0.15, 0.2) is 5.82 Å². The van der Waals surface area contributed by atoms with E-state index in [-0.39, 0.29) is 18.2 Å². The molecule has 1 aliphatic rings. The van der Waals surface area contributed by atoms with Gasteiger partial charge >= 0.3 is 0 Å². The number of morpholine rings is 1. The summed E-state index contributed by atoms with van der Waals surface area (Å²) in [6.07, 6.45) is 2.87. The van der Waals surface area contributed by atoms with Crippen molar-refractivity contribution in [2.24, 2.45) is 0 Å². The maximum absolute atomic E-state index is 12.2. The van der Waals surface area contributed by atoms with Crippen LogP contribution in [0.5, 0.6) is 0 Å². The molecule has 2 heterocycles. The SMILES string of the molecule is CCCc1noc(CCC(=O)NCc2cccc(NC(=O)CCN3CCOCC3)c2)n1. The lowest BCUT2D eigenvalue weighted by molar-refractivity contribution is -0.121. The Morgan fingerprint density at radius 1 is 1.13 bits per heavy atom. The molecule has 9 nitrogen and oxygen atoms in total. The number of aromatic nitrogens is 2. The van der Waals surface area contributed by atoms with Crippen molar-refractivity contribution in [3.63, 3.8) is 0 Å². The molecule has 1 fully saturated rings. The fourth-order valence-corrected chi connectivity index (χ4v) is 3.29. The minimum Gasteiger partial charge on any atom is -0.379 e. The largest absolute Gasteiger partial charge is 0.379 e. The van der Waals surface area contributed by atoms with Crippen molar-refractivity contribution >= 4 is 17.5 Å². The standard InChI is InChI=1S/C22H31N5O4/c1-2-4-19-25-22(31-26-19)8-7-20(28)23-16-17-5-3-6-18(15-17)24-21(29)9-10-27-11-13-30-14-12-27/h3,5-6,15H,2,4,7-14,16H2,1H3,(H,23,28)(H,24,29). The van der Waals surface area contributed by atoms with Crippen LogP contribution in [0.25, 0.3) is 0 Å². The van der Waals surface area contributed by atoms with Crippen molar-refractivity contribution < 1.29 is 18.8 Å². The van der Waals surface area contributed by atoms with Crippen LogP contribution < -0.4 is 10.6 Å². The zero-order valence-corrected chi connectivity index (χ0v) is 18.1. The normalized spacial score (nSPS) is 14.4. The summed E-state index contributed by atoms with van der Waals surface area (Å²) in [5, 5.41) is 9.71. The number of ether oxygens (including phenoxy) is 1. The molecule has 1 saturated heterocycles. The summed E-state index contributed by atoms with van der Waals surface area (Å²) in [4.78, 5) is 30.9. The Balaban J connectivity index is 1.37. The van der Waals surface area contributed by atoms with E-state index >= 15 is 0 Å². The molecule has 2 amide bonds. The summed E-state index contributed by atoms with van der Waals surface area (Å²) in [5.41, 5.74) is 1.65. The minimum atomic E-state index is -0.0878. The number of nitrogens with one attached hydrogen (secondary N) is 2. The van der Waals surface area contributed by atoms with Crippen molar-refractivity contribution in [1.29, 1.82) is 0 Å². The first-order valence-corrected chi connectivity index (χ1v) is 10.9. The van der Waals surface area contributed by atoms with E-state index < -0.39 is 0 Å². The molecular formula is C22H31N5O4. The molecule has 2 N–H and O–H groups in total. The fraction of sp³-hybridized carbons (Fsp3) is 0.545. The van der Waals surface area contributed by atoms with E-state index in [0.717, 1.165) is 56.9 Å². The second-order valence-corrected chi connectivity index (χ2v) is 7.58. The van der Waals surface area contributed by atoms with Crippen LogP contribution in [0.2, 0.25) is 0 Å². The summed E-state index contributed by atoms with van der Waals surface area (Å²) >= 11 is 0. The predicted octanol–water partition coefficient (Wildman–Crippen LogP) is 1.93. The van der Waals surface area contributed by atoms with Crippen LogP contribution in [-0.4, -0.2) is 59.7 Å². The second-order valence-electron chi connectivity index (χ2n) is 7.58. The molecule has 0 spiro atoms. The lowest BCUT2D eigenvalue weighted by Gasteiger charge is -2.26. The Morgan fingerprint density at radius 2 is 1.97 bits per heavy atom. The molecule has 0 atom stereocenters. The molecule has 0 bridgehead atoms. The number of carbonyl (C=O) groups excluding carboxylic acids is 2. The zero-order valence-electron chi connectivity index (χ0n) is 18.1. The van der Waals surface area contributed by atoms with Gasteiger partial charge in [0.1, 0.15) is 0 Å². The highest BCUT2D eigenvalue weighted by molar-refractivity contribution is 5.90. The molecule has 0 unspecified atom stereocenters. The number of anilines is 1. The van der Waals surface area contributed by atoms with E-state index in [2.05, 4.69) is 32.6 Å². The van der Waals surface area contributed by atoms with Gasteiger partial charge in [-0.1, -0.05) is 24.2 Å². The topological polar surface area (TPSA) is 110 Å². The van der Waals surface area contributed by atoms with E-state index in [0.29, 0.717) is 31.1 Å². The smallest absolute Gasteiger partial charge is 0.227 e. The number of nitrogens with zero attached hydrogens (tertiary/aromatic N) is 3. The first-order valence-electron chi connectivity index (χ1n) is 10.9. The Labute approximate surface area is 182 Å². The molecule has 3 rings (SSSR count). The molecule has 1 aliphatic heterocycles. The number of benzene rings is 1. The predicted molar refractivity (Wildman–Crippen MR) is 115 cm³/mol. The number of carbonyl (C=O) groups is 2. The highest BCUT2D eigenvalue weighted by Crippen LogP contribution is 2.12. The summed E-state index contributed by atoms with van der Waals surface area (Å²) < 4.78 is 10.5. The average Bonchev–Trinajstić information content (AvgIpc) is 3.23. The van der Waals surface area contributed by atoms with Gasteiger partial charge in [-0.15, -0.1) is 0 Å². The van der Waals surface area contributed by atoms with Crippen molar-refractivity contribution in [3.05, 3.63) is 41.5 Å². The van der Waals surface area contributed by atoms with E-state index in [1.165, 1.54) is 0 Å². The van der Waals surface area contributed by atoms with Gasteiger partial charge in [-0.2, -0.15) is 4.98 Å². The highest BCUT2D eigenvalue weighted by atomic mass is 16.5. The van der Waals surface area contributed by atoms with E-state index in [1.54, 1.807) is 0 Å². The van der Waals surface area contributed by atoms with Gasteiger partial charge in [0, 0.05) is 57.5 Å². The van der Waals surface area contributed by atoms with E-state index in [1.807, 2.05) is 24.3 Å². The summed E-state index contributed by atoms with van der Waals surface area (Å²) in [6.45, 7) is 6.36. The molecule has 0 aliphatic carbocycles. The molecule has 168 valence electrons. The average molecular weight is 430 g/mol. The maximum Gasteiger partial charge on any atom is 0.227 e. The van der Waals surface area contributed by atoms with Gasteiger partial charge in [-0.25, -0.2) is 0 Å². The van der Waals surface area contributed by atoms with E-state index in [4.69, 9.17) is 9.26 Å². The third-order valence-corrected chi connectivity index (χ3v) is 5.01. The van der Waals surface area contributed by atoms with Gasteiger partial charge in [0.2, 0.25) is 17.7 Å². The maximum atomic E-state index is 12.2. The van der Waals surface area contributed by atoms with Crippen molar-refractivity contribution in [3.8, 4) is 0 Å². The molecule has 0 radical (unpaired) electrons. The number of aryl methyl sites for hydroxylation is 2. The van der Waals surface area contributed by atoms with Gasteiger partial charge in [0.25, 0.3) is 0 Å². The van der Waals surface area contributed by atoms with Gasteiger partial charge in [0.05, 0.1) is 13.2 Å². The number of hydrogen-bond acceptors (Lipinski definition) is 7. The van der Waals surface area contributed by atoms with Crippen LogP contribution in [0, 0.1) is 0 Å². The molecule has 1 aromatic heterocycles. The lowest BCUT2D eigenvalue weighted by Crippen LogP contribution is -2.38. The summed E-state index contributed by atoms with van der Waals surface area (Å²) in [7, 11) is 0. The van der Waals surface area contributed by atoms with Crippen LogP contribution in [0.1, 0.15) is 43.5 Å². The first kappa shape index (κ1) is 22.9. The second kappa shape index (κ2) is 12.2. The first-order chi connectivity index (χ1) is 15.1. The van der Waals surface area contributed by atoms with Crippen LogP contribution in [-0.2, 0) is 33.7 Å². The third kappa shape index (κ3) is 8.10. The van der Waals surface area contributed by atoms with Crippen LogP contribution in [0.3, 0.4) is 0 Å². The van der Waals surface area contributed by atoms with Gasteiger partial charge < -0.3 is 19.9 Å². The Bertz CT molecular complexity index is 848. The number of rotatable bonds is 11. The van der Waals surface area contributed by atoms with Crippen molar-refractivity contribution in [1.82, 2.24) is 20.4 Å². The Hall–Kier alpha value is -2.78. The molecular weight excluding hydrogens is 398 g/mol. The monoisotopic (exact) mass is 429 g/mol. The number of amides is 2. The quantitative estimate of drug-likeness (QED) is 0.562.